The quantitative estimate of drug-likeness (QED) is 0.786. The molecule has 0 saturated heterocycles. The molecule has 7 heteroatoms. The van der Waals surface area contributed by atoms with Crippen molar-refractivity contribution in [2.45, 2.75) is 17.8 Å². The predicted molar refractivity (Wildman–Crippen MR) is 43.0 cm³/mol. The van der Waals surface area contributed by atoms with Crippen LogP contribution < -0.4 is 0 Å². The van der Waals surface area contributed by atoms with Gasteiger partial charge < -0.3 is 4.42 Å². The molecule has 3 nitrogen and oxygen atoms in total. The fourth-order valence-electron chi connectivity index (χ4n) is 0.598. The van der Waals surface area contributed by atoms with Gasteiger partial charge in [0.15, 0.2) is 6.17 Å². The van der Waals surface area contributed by atoms with Crippen molar-refractivity contribution < 1.29 is 21.8 Å². The Hall–Kier alpha value is -1.11. The molecule has 0 spiro atoms. The van der Waals surface area contributed by atoms with E-state index in [0.29, 0.717) is 6.08 Å². The molecule has 2 unspecified atom stereocenters. The van der Waals surface area contributed by atoms with Crippen LogP contribution in [0.5, 0.6) is 0 Å². The van der Waals surface area contributed by atoms with Crippen LogP contribution in [0.4, 0.5) is 13.2 Å². The summed E-state index contributed by atoms with van der Waals surface area (Å²) in [5.41, 5.74) is 0. The lowest BCUT2D eigenvalue weighted by atomic mass is 10.4. The van der Waals surface area contributed by atoms with Gasteiger partial charge in [-0.3, -0.25) is 0 Å². The van der Waals surface area contributed by atoms with Crippen LogP contribution in [0.25, 0.3) is 0 Å². The van der Waals surface area contributed by atoms with Gasteiger partial charge in [0, 0.05) is 5.41 Å². The number of hydrogen-bond acceptors (Lipinski definition) is 3. The first-order chi connectivity index (χ1) is 6.61. The van der Waals surface area contributed by atoms with Crippen molar-refractivity contribution in [1.82, 2.24) is 4.98 Å². The summed E-state index contributed by atoms with van der Waals surface area (Å²) in [7, 11) is -1.82. The summed E-state index contributed by atoms with van der Waals surface area (Å²) >= 11 is 0. The first-order valence-electron chi connectivity index (χ1n) is 3.52. The van der Waals surface area contributed by atoms with E-state index in [-0.39, 0.29) is 5.22 Å². The topological polar surface area (TPSA) is 43.1 Å². The first-order valence-corrected chi connectivity index (χ1v) is 4.73. The zero-order chi connectivity index (χ0) is 10.6. The number of aromatic nitrogens is 1. The number of oxazole rings is 1. The van der Waals surface area contributed by atoms with Crippen molar-refractivity contribution in [2.24, 2.45) is 0 Å². The van der Waals surface area contributed by atoms with Crippen molar-refractivity contribution in [1.29, 1.82) is 0 Å². The van der Waals surface area contributed by atoms with Crippen molar-refractivity contribution in [2.75, 3.05) is 0 Å². The zero-order valence-electron chi connectivity index (χ0n) is 6.77. The molecule has 0 aliphatic rings. The van der Waals surface area contributed by atoms with E-state index in [2.05, 4.69) is 9.40 Å². The standard InChI is InChI=1S/C7H6F3NO2S/c8-5(6(9)10)1-4-14(12)7-11-2-3-13-7/h1-6H. The number of rotatable bonds is 4. The number of hydrogen-bond donors (Lipinski definition) is 0. The van der Waals surface area contributed by atoms with Gasteiger partial charge >= 0.3 is 0 Å². The molecule has 0 bridgehead atoms. The highest BCUT2D eigenvalue weighted by molar-refractivity contribution is 7.87. The summed E-state index contributed by atoms with van der Waals surface area (Å²) in [4.78, 5) is 3.51. The number of halogens is 3. The monoisotopic (exact) mass is 225 g/mol. The Kier molecular flexibility index (Phi) is 3.87. The summed E-state index contributed by atoms with van der Waals surface area (Å²) in [5.74, 6) is 0. The molecule has 1 heterocycles. The van der Waals surface area contributed by atoms with Crippen LogP contribution in [-0.2, 0) is 10.8 Å². The van der Waals surface area contributed by atoms with Gasteiger partial charge in [0.25, 0.3) is 11.6 Å². The van der Waals surface area contributed by atoms with E-state index in [1.54, 1.807) is 0 Å². The van der Waals surface area contributed by atoms with Crippen molar-refractivity contribution >= 4 is 10.8 Å². The summed E-state index contributed by atoms with van der Waals surface area (Å²) in [6.07, 6.45) is -2.59. The molecule has 2 atom stereocenters. The molecule has 0 N–H and O–H groups in total. The second-order valence-corrected chi connectivity index (χ2v) is 3.42. The van der Waals surface area contributed by atoms with Gasteiger partial charge in [-0.1, -0.05) is 0 Å². The molecule has 0 amide bonds. The Labute approximate surface area is 80.1 Å². The molecule has 14 heavy (non-hydrogen) atoms. The van der Waals surface area contributed by atoms with Crippen LogP contribution >= 0.6 is 0 Å². The molecule has 1 rings (SSSR count). The second-order valence-electron chi connectivity index (χ2n) is 2.20. The lowest BCUT2D eigenvalue weighted by Crippen LogP contribution is -2.08. The zero-order valence-corrected chi connectivity index (χ0v) is 7.59. The second kappa shape index (κ2) is 4.94. The van der Waals surface area contributed by atoms with Crippen molar-refractivity contribution in [3.05, 3.63) is 23.9 Å². The van der Waals surface area contributed by atoms with Crippen molar-refractivity contribution in [3.8, 4) is 0 Å². The van der Waals surface area contributed by atoms with Gasteiger partial charge in [0.2, 0.25) is 0 Å². The van der Waals surface area contributed by atoms with Gasteiger partial charge in [-0.25, -0.2) is 22.4 Å². The molecule has 1 aromatic heterocycles. The average Bonchev–Trinajstić information content (AvgIpc) is 2.66. The van der Waals surface area contributed by atoms with Crippen LogP contribution in [0.3, 0.4) is 0 Å². The van der Waals surface area contributed by atoms with Crippen LogP contribution in [0.15, 0.2) is 33.6 Å². The van der Waals surface area contributed by atoms with Gasteiger partial charge in [-0.15, -0.1) is 0 Å². The minimum absolute atomic E-state index is 0.150. The minimum Gasteiger partial charge on any atom is -0.438 e. The van der Waals surface area contributed by atoms with Crippen LogP contribution in [-0.4, -0.2) is 21.8 Å². The summed E-state index contributed by atoms with van der Waals surface area (Å²) in [6, 6.07) is 0. The van der Waals surface area contributed by atoms with E-state index < -0.39 is 23.4 Å². The fourth-order valence-corrected chi connectivity index (χ4v) is 1.32. The Morgan fingerprint density at radius 1 is 1.50 bits per heavy atom. The maximum atomic E-state index is 12.3. The Morgan fingerprint density at radius 3 is 2.71 bits per heavy atom. The molecule has 0 saturated carbocycles. The van der Waals surface area contributed by atoms with Crippen LogP contribution in [0, 0.1) is 0 Å². The highest BCUT2D eigenvalue weighted by atomic mass is 32.2. The fraction of sp³-hybridized carbons (Fsp3) is 0.286. The largest absolute Gasteiger partial charge is 0.438 e. The highest BCUT2D eigenvalue weighted by Crippen LogP contribution is 2.09. The molecule has 78 valence electrons. The predicted octanol–water partition coefficient (Wildman–Crippen LogP) is 1.90. The third-order valence-corrected chi connectivity index (χ3v) is 2.16. The molecule has 0 fully saturated rings. The van der Waals surface area contributed by atoms with E-state index in [1.807, 2.05) is 0 Å². The first kappa shape index (κ1) is 11.0. The number of alkyl halides is 3. The molecule has 1 aromatic rings. The summed E-state index contributed by atoms with van der Waals surface area (Å²) < 4.78 is 51.3. The molecule has 0 aliphatic heterocycles. The third-order valence-electron chi connectivity index (χ3n) is 1.21. The van der Waals surface area contributed by atoms with E-state index in [4.69, 9.17) is 0 Å². The molecule has 0 aromatic carbocycles. The van der Waals surface area contributed by atoms with Gasteiger partial charge in [0.05, 0.1) is 6.20 Å². The molecule has 0 radical (unpaired) electrons. The summed E-state index contributed by atoms with van der Waals surface area (Å²) in [5, 5.41) is 0.630. The summed E-state index contributed by atoms with van der Waals surface area (Å²) in [6.45, 7) is 0. The van der Waals surface area contributed by atoms with E-state index >= 15 is 0 Å². The highest BCUT2D eigenvalue weighted by Gasteiger charge is 2.16. The Morgan fingerprint density at radius 2 is 2.21 bits per heavy atom. The van der Waals surface area contributed by atoms with Crippen molar-refractivity contribution in [3.63, 3.8) is 0 Å². The van der Waals surface area contributed by atoms with E-state index in [0.717, 1.165) is 5.41 Å². The lowest BCUT2D eigenvalue weighted by molar-refractivity contribution is 0.0751. The van der Waals surface area contributed by atoms with Gasteiger partial charge in [-0.2, -0.15) is 0 Å². The smallest absolute Gasteiger partial charge is 0.290 e. The molecular formula is C7H6F3NO2S. The average molecular weight is 225 g/mol. The minimum atomic E-state index is -3.12. The SMILES string of the molecule is O=S(C=CC(F)C(F)F)c1ncco1. The Balaban J connectivity index is 2.57. The van der Waals surface area contributed by atoms with Crippen LogP contribution in [0.1, 0.15) is 0 Å². The van der Waals surface area contributed by atoms with E-state index in [1.165, 1.54) is 12.5 Å². The number of allylic oxidation sites excluding steroid dienone is 1. The van der Waals surface area contributed by atoms with Crippen LogP contribution in [0.2, 0.25) is 0 Å². The Bertz CT molecular complexity index is 326. The molecular weight excluding hydrogens is 219 g/mol. The maximum Gasteiger partial charge on any atom is 0.290 e. The van der Waals surface area contributed by atoms with Gasteiger partial charge in [0.1, 0.15) is 17.1 Å². The number of nitrogens with zero attached hydrogens (tertiary/aromatic N) is 1. The van der Waals surface area contributed by atoms with Gasteiger partial charge in [-0.05, 0) is 6.08 Å². The maximum absolute atomic E-state index is 12.3. The molecule has 0 aliphatic carbocycles. The lowest BCUT2D eigenvalue weighted by Gasteiger charge is -1.97. The normalized spacial score (nSPS) is 16.3. The third kappa shape index (κ3) is 2.99. The van der Waals surface area contributed by atoms with E-state index in [9.17, 15) is 17.4 Å².